The maximum absolute atomic E-state index is 13.2. The predicted octanol–water partition coefficient (Wildman–Crippen LogP) is 3.62. The Morgan fingerprint density at radius 3 is 2.63 bits per heavy atom. The van der Waals surface area contributed by atoms with E-state index in [4.69, 9.17) is 4.74 Å². The van der Waals surface area contributed by atoms with Gasteiger partial charge in [-0.2, -0.15) is 5.10 Å². The maximum atomic E-state index is 13.2. The van der Waals surface area contributed by atoms with Crippen LogP contribution in [0.15, 0.2) is 54.6 Å². The van der Waals surface area contributed by atoms with Crippen molar-refractivity contribution in [2.24, 2.45) is 0 Å². The van der Waals surface area contributed by atoms with E-state index in [0.29, 0.717) is 0 Å². The lowest BCUT2D eigenvalue weighted by Crippen LogP contribution is -2.46. The Morgan fingerprint density at radius 2 is 1.87 bits per heavy atom. The fourth-order valence-electron chi connectivity index (χ4n) is 4.01. The first kappa shape index (κ1) is 20.7. The summed E-state index contributed by atoms with van der Waals surface area (Å²) in [6, 6.07) is 17.0. The van der Waals surface area contributed by atoms with Gasteiger partial charge in [-0.15, -0.1) is 0 Å². The highest BCUT2D eigenvalue weighted by atomic mass is 19.1. The fourth-order valence-corrected chi connectivity index (χ4v) is 4.01. The van der Waals surface area contributed by atoms with E-state index >= 15 is 0 Å². The Bertz CT molecular complexity index is 955. The summed E-state index contributed by atoms with van der Waals surface area (Å²) in [5.74, 6) is -0.240. The Balaban J connectivity index is 1.32. The number of rotatable bonds is 7. The van der Waals surface area contributed by atoms with Crippen LogP contribution in [0.25, 0.3) is 5.69 Å². The number of ether oxygens (including phenoxy) is 1. The summed E-state index contributed by atoms with van der Waals surface area (Å²) in [6.07, 6.45) is 0.176. The molecular weight excluding hydrogens is 379 g/mol. The van der Waals surface area contributed by atoms with Crippen LogP contribution in [0.1, 0.15) is 22.5 Å². The third-order valence-corrected chi connectivity index (χ3v) is 5.66. The summed E-state index contributed by atoms with van der Waals surface area (Å²) >= 11 is 0. The highest BCUT2D eigenvalue weighted by molar-refractivity contribution is 5.37. The molecule has 0 unspecified atom stereocenters. The molecule has 1 atom stereocenters. The molecule has 0 saturated carbocycles. The molecular formula is C24H29FN4O. The molecule has 3 aromatic rings. The van der Waals surface area contributed by atoms with Crippen molar-refractivity contribution in [3.8, 4) is 5.69 Å². The SMILES string of the molecule is Cc1nn(-c2ccc(F)cc2)c(C)c1CNC[C@@H]1CN(Cc2ccccc2)CCO1. The topological polar surface area (TPSA) is 42.3 Å². The summed E-state index contributed by atoms with van der Waals surface area (Å²) in [4.78, 5) is 2.45. The number of morpholine rings is 1. The molecule has 2 aromatic carbocycles. The van der Waals surface area contributed by atoms with Crippen molar-refractivity contribution < 1.29 is 9.13 Å². The lowest BCUT2D eigenvalue weighted by Gasteiger charge is -2.33. The van der Waals surface area contributed by atoms with Gasteiger partial charge in [0, 0.05) is 44.0 Å². The van der Waals surface area contributed by atoms with Crippen molar-refractivity contribution in [3.63, 3.8) is 0 Å². The second kappa shape index (κ2) is 9.51. The zero-order chi connectivity index (χ0) is 20.9. The average Bonchev–Trinajstić information content (AvgIpc) is 3.04. The molecule has 6 heteroatoms. The molecule has 0 radical (unpaired) electrons. The van der Waals surface area contributed by atoms with Crippen LogP contribution in [0.5, 0.6) is 0 Å². The van der Waals surface area contributed by atoms with Gasteiger partial charge in [0.25, 0.3) is 0 Å². The van der Waals surface area contributed by atoms with Gasteiger partial charge in [-0.25, -0.2) is 9.07 Å². The lowest BCUT2D eigenvalue weighted by atomic mass is 10.1. The van der Waals surface area contributed by atoms with Crippen molar-refractivity contribution >= 4 is 0 Å². The third-order valence-electron chi connectivity index (χ3n) is 5.66. The molecule has 0 aliphatic carbocycles. The van der Waals surface area contributed by atoms with E-state index in [0.717, 1.165) is 56.4 Å². The quantitative estimate of drug-likeness (QED) is 0.649. The number of benzene rings is 2. The third kappa shape index (κ3) is 4.95. The van der Waals surface area contributed by atoms with E-state index < -0.39 is 0 Å². The van der Waals surface area contributed by atoms with Gasteiger partial charge in [-0.3, -0.25) is 4.90 Å². The Kier molecular flexibility index (Phi) is 6.57. The van der Waals surface area contributed by atoms with E-state index in [9.17, 15) is 4.39 Å². The highest BCUT2D eigenvalue weighted by Crippen LogP contribution is 2.18. The molecule has 0 spiro atoms. The van der Waals surface area contributed by atoms with Crippen molar-refractivity contribution in [1.82, 2.24) is 20.0 Å². The first-order valence-electron chi connectivity index (χ1n) is 10.5. The Labute approximate surface area is 177 Å². The van der Waals surface area contributed by atoms with E-state index in [1.807, 2.05) is 11.6 Å². The van der Waals surface area contributed by atoms with Gasteiger partial charge in [-0.05, 0) is 43.7 Å². The first-order chi connectivity index (χ1) is 14.6. The second-order valence-corrected chi connectivity index (χ2v) is 7.88. The van der Waals surface area contributed by atoms with Gasteiger partial charge >= 0.3 is 0 Å². The predicted molar refractivity (Wildman–Crippen MR) is 116 cm³/mol. The molecule has 1 aromatic heterocycles. The van der Waals surface area contributed by atoms with E-state index in [1.54, 1.807) is 12.1 Å². The molecule has 1 N–H and O–H groups in total. The molecule has 30 heavy (non-hydrogen) atoms. The molecule has 158 valence electrons. The van der Waals surface area contributed by atoms with Gasteiger partial charge in [0.2, 0.25) is 0 Å². The van der Waals surface area contributed by atoms with Crippen LogP contribution in [-0.2, 0) is 17.8 Å². The maximum Gasteiger partial charge on any atom is 0.123 e. The van der Waals surface area contributed by atoms with Gasteiger partial charge in [0.1, 0.15) is 5.82 Å². The minimum atomic E-state index is -0.240. The monoisotopic (exact) mass is 408 g/mol. The van der Waals surface area contributed by atoms with Gasteiger partial charge in [-0.1, -0.05) is 30.3 Å². The summed E-state index contributed by atoms with van der Waals surface area (Å²) in [7, 11) is 0. The van der Waals surface area contributed by atoms with Crippen molar-refractivity contribution in [2.45, 2.75) is 33.0 Å². The highest BCUT2D eigenvalue weighted by Gasteiger charge is 2.21. The number of hydrogen-bond donors (Lipinski definition) is 1. The summed E-state index contributed by atoms with van der Waals surface area (Å²) < 4.78 is 21.1. The minimum absolute atomic E-state index is 0.176. The minimum Gasteiger partial charge on any atom is -0.374 e. The number of aromatic nitrogens is 2. The van der Waals surface area contributed by atoms with Crippen LogP contribution in [-0.4, -0.2) is 47.0 Å². The number of nitrogens with one attached hydrogen (secondary N) is 1. The zero-order valence-electron chi connectivity index (χ0n) is 17.6. The lowest BCUT2D eigenvalue weighted by molar-refractivity contribution is -0.0300. The van der Waals surface area contributed by atoms with Crippen LogP contribution >= 0.6 is 0 Å². The standard InChI is InChI=1S/C24H29FN4O/c1-18-24(19(2)29(27-18)22-10-8-21(25)9-11-22)15-26-14-23-17-28(12-13-30-23)16-20-6-4-3-5-7-20/h3-11,23,26H,12-17H2,1-2H3/t23-/m1/s1. The number of aryl methyl sites for hydroxylation is 1. The molecule has 1 saturated heterocycles. The Hall–Kier alpha value is -2.54. The number of nitrogens with zero attached hydrogens (tertiary/aromatic N) is 3. The molecule has 1 aliphatic rings. The largest absolute Gasteiger partial charge is 0.374 e. The average molecular weight is 409 g/mol. The van der Waals surface area contributed by atoms with Crippen LogP contribution in [0.3, 0.4) is 0 Å². The molecule has 4 rings (SSSR count). The number of halogens is 1. The van der Waals surface area contributed by atoms with Crippen molar-refractivity contribution in [2.75, 3.05) is 26.2 Å². The van der Waals surface area contributed by atoms with Gasteiger partial charge in [0.05, 0.1) is 24.1 Å². The van der Waals surface area contributed by atoms with Crippen molar-refractivity contribution in [1.29, 1.82) is 0 Å². The van der Waals surface area contributed by atoms with Crippen molar-refractivity contribution in [3.05, 3.63) is 82.9 Å². The van der Waals surface area contributed by atoms with Gasteiger partial charge < -0.3 is 10.1 Å². The normalized spacial score (nSPS) is 17.4. The molecule has 0 bridgehead atoms. The van der Waals surface area contributed by atoms with E-state index in [1.165, 1.54) is 23.3 Å². The van der Waals surface area contributed by atoms with E-state index in [2.05, 4.69) is 52.6 Å². The van der Waals surface area contributed by atoms with Crippen LogP contribution in [0.2, 0.25) is 0 Å². The zero-order valence-corrected chi connectivity index (χ0v) is 17.6. The van der Waals surface area contributed by atoms with Gasteiger partial charge in [0.15, 0.2) is 0 Å². The van der Waals surface area contributed by atoms with Crippen LogP contribution in [0, 0.1) is 19.7 Å². The summed E-state index contributed by atoms with van der Waals surface area (Å²) in [5.41, 5.74) is 5.44. The first-order valence-corrected chi connectivity index (χ1v) is 10.5. The second-order valence-electron chi connectivity index (χ2n) is 7.88. The Morgan fingerprint density at radius 1 is 1.10 bits per heavy atom. The summed E-state index contributed by atoms with van der Waals surface area (Å²) in [6.45, 7) is 9.22. The smallest absolute Gasteiger partial charge is 0.123 e. The summed E-state index contributed by atoms with van der Waals surface area (Å²) in [5, 5.41) is 8.20. The van der Waals surface area contributed by atoms with Crippen LogP contribution < -0.4 is 5.32 Å². The number of hydrogen-bond acceptors (Lipinski definition) is 4. The molecule has 1 fully saturated rings. The molecule has 2 heterocycles. The molecule has 5 nitrogen and oxygen atoms in total. The molecule has 1 aliphatic heterocycles. The fraction of sp³-hybridized carbons (Fsp3) is 0.375. The van der Waals surface area contributed by atoms with Crippen LogP contribution in [0.4, 0.5) is 4.39 Å². The molecule has 0 amide bonds. The van der Waals surface area contributed by atoms with E-state index in [-0.39, 0.29) is 11.9 Å².